The first-order valence-corrected chi connectivity index (χ1v) is 4.17. The highest BCUT2D eigenvalue weighted by molar-refractivity contribution is 7.08. The van der Waals surface area contributed by atoms with Crippen molar-refractivity contribution in [3.8, 4) is 6.07 Å². The quantitative estimate of drug-likeness (QED) is 0.637. The van der Waals surface area contributed by atoms with Gasteiger partial charge in [-0.25, -0.2) is 0 Å². The second-order valence-electron chi connectivity index (χ2n) is 2.24. The van der Waals surface area contributed by atoms with E-state index >= 15 is 0 Å². The van der Waals surface area contributed by atoms with Gasteiger partial charge < -0.3 is 0 Å². The lowest BCUT2D eigenvalue weighted by atomic mass is 10.1. The minimum Gasteiger partial charge on any atom is -0.198 e. The number of hydrogen-bond donors (Lipinski definition) is 0. The van der Waals surface area contributed by atoms with Crippen LogP contribution in [0.5, 0.6) is 0 Å². The van der Waals surface area contributed by atoms with E-state index in [1.165, 1.54) is 11.1 Å². The summed E-state index contributed by atoms with van der Waals surface area (Å²) in [5, 5.41) is 12.5. The smallest absolute Gasteiger partial charge is 0.0625 e. The first kappa shape index (κ1) is 7.30. The molecule has 1 aromatic rings. The fourth-order valence-electron chi connectivity index (χ4n) is 0.834. The molecule has 0 radical (unpaired) electrons. The molecule has 0 saturated carbocycles. The molecule has 0 unspecified atom stereocenters. The van der Waals surface area contributed by atoms with Crippen molar-refractivity contribution in [2.24, 2.45) is 0 Å². The van der Waals surface area contributed by atoms with Gasteiger partial charge in [0.1, 0.15) is 0 Å². The van der Waals surface area contributed by atoms with Gasteiger partial charge in [0.25, 0.3) is 0 Å². The van der Waals surface area contributed by atoms with Crippen LogP contribution < -0.4 is 0 Å². The predicted octanol–water partition coefficient (Wildman–Crippen LogP) is 2.51. The van der Waals surface area contributed by atoms with Crippen molar-refractivity contribution in [1.82, 2.24) is 0 Å². The van der Waals surface area contributed by atoms with Gasteiger partial charge in [0, 0.05) is 6.42 Å². The van der Waals surface area contributed by atoms with E-state index in [1.807, 2.05) is 0 Å². The van der Waals surface area contributed by atoms with Gasteiger partial charge in [-0.15, -0.1) is 0 Å². The molecule has 10 heavy (non-hydrogen) atoms. The van der Waals surface area contributed by atoms with Crippen molar-refractivity contribution in [3.05, 3.63) is 21.9 Å². The second kappa shape index (κ2) is 3.38. The largest absolute Gasteiger partial charge is 0.198 e. The SMILES string of the molecule is Cc1cscc1CCC#N. The third kappa shape index (κ3) is 1.58. The summed E-state index contributed by atoms with van der Waals surface area (Å²) in [6.07, 6.45) is 1.55. The molecule has 0 aliphatic carbocycles. The molecule has 0 aromatic carbocycles. The van der Waals surface area contributed by atoms with Crippen LogP contribution in [0.1, 0.15) is 17.5 Å². The molecule has 1 heterocycles. The number of hydrogen-bond acceptors (Lipinski definition) is 2. The monoisotopic (exact) mass is 151 g/mol. The van der Waals surface area contributed by atoms with Crippen molar-refractivity contribution in [1.29, 1.82) is 5.26 Å². The van der Waals surface area contributed by atoms with Gasteiger partial charge in [0.05, 0.1) is 6.07 Å². The van der Waals surface area contributed by atoms with Gasteiger partial charge in [-0.2, -0.15) is 16.6 Å². The Labute approximate surface area is 64.9 Å². The lowest BCUT2D eigenvalue weighted by Crippen LogP contribution is -1.81. The zero-order valence-corrected chi connectivity index (χ0v) is 6.74. The Balaban J connectivity index is 2.59. The highest BCUT2D eigenvalue weighted by Crippen LogP contribution is 2.14. The summed E-state index contributed by atoms with van der Waals surface area (Å²) in [5.41, 5.74) is 2.65. The van der Waals surface area contributed by atoms with Gasteiger partial charge >= 0.3 is 0 Å². The molecule has 52 valence electrons. The Kier molecular flexibility index (Phi) is 2.47. The summed E-state index contributed by atoms with van der Waals surface area (Å²) < 4.78 is 0. The minimum absolute atomic E-state index is 0.636. The number of rotatable bonds is 2. The van der Waals surface area contributed by atoms with Crippen molar-refractivity contribution in [3.63, 3.8) is 0 Å². The zero-order chi connectivity index (χ0) is 7.40. The summed E-state index contributed by atoms with van der Waals surface area (Å²) in [6, 6.07) is 2.14. The Morgan fingerprint density at radius 3 is 2.90 bits per heavy atom. The third-order valence-electron chi connectivity index (χ3n) is 1.47. The van der Waals surface area contributed by atoms with E-state index in [9.17, 15) is 0 Å². The van der Waals surface area contributed by atoms with E-state index in [1.54, 1.807) is 11.3 Å². The molecule has 0 N–H and O–H groups in total. The van der Waals surface area contributed by atoms with Crippen LogP contribution in [-0.4, -0.2) is 0 Å². The maximum Gasteiger partial charge on any atom is 0.0625 e. The maximum atomic E-state index is 8.31. The Morgan fingerprint density at radius 2 is 2.40 bits per heavy atom. The first-order chi connectivity index (χ1) is 4.84. The van der Waals surface area contributed by atoms with E-state index in [0.717, 1.165) is 6.42 Å². The fraction of sp³-hybridized carbons (Fsp3) is 0.375. The normalized spacial score (nSPS) is 9.20. The lowest BCUT2D eigenvalue weighted by Gasteiger charge is -1.91. The summed E-state index contributed by atoms with van der Waals surface area (Å²) in [7, 11) is 0. The fourth-order valence-corrected chi connectivity index (χ4v) is 1.73. The van der Waals surface area contributed by atoms with E-state index < -0.39 is 0 Å². The molecule has 2 heteroatoms. The average molecular weight is 151 g/mol. The van der Waals surface area contributed by atoms with Crippen LogP contribution in [0.3, 0.4) is 0 Å². The standard InChI is InChI=1S/C8H9NS/c1-7-5-10-6-8(7)3-2-4-9/h5-6H,2-3H2,1H3. The molecular formula is C8H9NS. The molecule has 0 saturated heterocycles. The third-order valence-corrected chi connectivity index (χ3v) is 2.38. The van der Waals surface area contributed by atoms with Crippen molar-refractivity contribution < 1.29 is 0 Å². The number of aryl methyl sites for hydroxylation is 2. The van der Waals surface area contributed by atoms with Crippen LogP contribution >= 0.6 is 11.3 Å². The minimum atomic E-state index is 0.636. The average Bonchev–Trinajstić information content (AvgIpc) is 2.31. The summed E-state index contributed by atoms with van der Waals surface area (Å²) in [5.74, 6) is 0. The summed E-state index contributed by atoms with van der Waals surface area (Å²) >= 11 is 1.71. The second-order valence-corrected chi connectivity index (χ2v) is 2.98. The maximum absolute atomic E-state index is 8.31. The van der Waals surface area contributed by atoms with Gasteiger partial charge in [-0.1, -0.05) is 0 Å². The lowest BCUT2D eigenvalue weighted by molar-refractivity contribution is 1.01. The van der Waals surface area contributed by atoms with Crippen LogP contribution in [0, 0.1) is 18.3 Å². The van der Waals surface area contributed by atoms with E-state index in [0.29, 0.717) is 6.42 Å². The topological polar surface area (TPSA) is 23.8 Å². The molecule has 1 rings (SSSR count). The van der Waals surface area contributed by atoms with E-state index in [2.05, 4.69) is 23.8 Å². The predicted molar refractivity (Wildman–Crippen MR) is 43.0 cm³/mol. The van der Waals surface area contributed by atoms with Gasteiger partial charge in [-0.05, 0) is 35.2 Å². The van der Waals surface area contributed by atoms with Crippen LogP contribution in [0.4, 0.5) is 0 Å². The molecule has 0 aliphatic rings. The zero-order valence-electron chi connectivity index (χ0n) is 5.92. The molecule has 1 aromatic heterocycles. The van der Waals surface area contributed by atoms with Crippen LogP contribution in [0.2, 0.25) is 0 Å². The van der Waals surface area contributed by atoms with Crippen molar-refractivity contribution in [2.75, 3.05) is 0 Å². The number of nitriles is 1. The van der Waals surface area contributed by atoms with Crippen LogP contribution in [-0.2, 0) is 6.42 Å². The van der Waals surface area contributed by atoms with Gasteiger partial charge in [-0.3, -0.25) is 0 Å². The van der Waals surface area contributed by atoms with Gasteiger partial charge in [0.2, 0.25) is 0 Å². The molecule has 0 aliphatic heterocycles. The van der Waals surface area contributed by atoms with Crippen LogP contribution in [0.25, 0.3) is 0 Å². The van der Waals surface area contributed by atoms with E-state index in [-0.39, 0.29) is 0 Å². The molecule has 0 amide bonds. The number of nitrogens with zero attached hydrogens (tertiary/aromatic N) is 1. The molecule has 0 spiro atoms. The highest BCUT2D eigenvalue weighted by atomic mass is 32.1. The molecule has 1 nitrogen and oxygen atoms in total. The molecule has 0 bridgehead atoms. The highest BCUT2D eigenvalue weighted by Gasteiger charge is 1.96. The Bertz CT molecular complexity index is 244. The van der Waals surface area contributed by atoms with Gasteiger partial charge in [0.15, 0.2) is 0 Å². The first-order valence-electron chi connectivity index (χ1n) is 3.23. The van der Waals surface area contributed by atoms with E-state index in [4.69, 9.17) is 5.26 Å². The number of thiophene rings is 1. The molecule has 0 atom stereocenters. The Hall–Kier alpha value is -0.810. The van der Waals surface area contributed by atoms with Crippen LogP contribution in [0.15, 0.2) is 10.8 Å². The molecular weight excluding hydrogens is 142 g/mol. The summed E-state index contributed by atoms with van der Waals surface area (Å²) in [4.78, 5) is 0. The van der Waals surface area contributed by atoms with Crippen molar-refractivity contribution in [2.45, 2.75) is 19.8 Å². The Morgan fingerprint density at radius 1 is 1.60 bits per heavy atom. The summed E-state index contributed by atoms with van der Waals surface area (Å²) in [6.45, 7) is 2.09. The van der Waals surface area contributed by atoms with Crippen molar-refractivity contribution >= 4 is 11.3 Å². The molecule has 0 fully saturated rings.